The van der Waals surface area contributed by atoms with Crippen molar-refractivity contribution < 1.29 is 9.53 Å². The van der Waals surface area contributed by atoms with Crippen LogP contribution in [0.25, 0.3) is 0 Å². The highest BCUT2D eigenvalue weighted by atomic mass is 16.6. The van der Waals surface area contributed by atoms with Gasteiger partial charge in [-0.3, -0.25) is 4.79 Å². The van der Waals surface area contributed by atoms with Crippen LogP contribution in [0, 0.1) is 25.7 Å². The zero-order valence-electron chi connectivity index (χ0n) is 10.6. The summed E-state index contributed by atoms with van der Waals surface area (Å²) in [5, 5.41) is 0. The number of hydrogen-bond acceptors (Lipinski definition) is 2. The summed E-state index contributed by atoms with van der Waals surface area (Å²) in [5.41, 5.74) is 5.30. The first-order chi connectivity index (χ1) is 8.09. The lowest BCUT2D eigenvalue weighted by Gasteiger charge is -2.30. The van der Waals surface area contributed by atoms with Gasteiger partial charge < -0.3 is 4.74 Å². The predicted octanol–water partition coefficient (Wildman–Crippen LogP) is 3.10. The molecule has 0 aromatic heterocycles. The third-order valence-electron chi connectivity index (χ3n) is 4.47. The molecule has 0 saturated carbocycles. The highest BCUT2D eigenvalue weighted by molar-refractivity contribution is 5.75. The number of ether oxygens (including phenoxy) is 1. The fourth-order valence-corrected chi connectivity index (χ4v) is 3.36. The van der Waals surface area contributed by atoms with Crippen molar-refractivity contribution in [2.24, 2.45) is 11.8 Å². The fraction of sp³-hybridized carbons (Fsp3) is 0.533. The van der Waals surface area contributed by atoms with E-state index in [4.69, 9.17) is 4.74 Å². The van der Waals surface area contributed by atoms with Gasteiger partial charge in [0.2, 0.25) is 0 Å². The maximum atomic E-state index is 11.7. The Morgan fingerprint density at radius 1 is 1.24 bits per heavy atom. The van der Waals surface area contributed by atoms with Crippen LogP contribution in [-0.2, 0) is 16.0 Å². The van der Waals surface area contributed by atoms with Crippen LogP contribution >= 0.6 is 0 Å². The summed E-state index contributed by atoms with van der Waals surface area (Å²) < 4.78 is 5.60. The molecule has 1 fully saturated rings. The average Bonchev–Trinajstić information content (AvgIpc) is 2.60. The molecule has 2 heteroatoms. The highest BCUT2D eigenvalue weighted by Gasteiger charge is 2.45. The van der Waals surface area contributed by atoms with Crippen LogP contribution in [-0.4, -0.2) is 5.97 Å². The molecule has 0 spiro atoms. The van der Waals surface area contributed by atoms with Crippen molar-refractivity contribution >= 4 is 5.97 Å². The van der Waals surface area contributed by atoms with E-state index in [9.17, 15) is 4.79 Å². The van der Waals surface area contributed by atoms with Crippen LogP contribution in [0.2, 0.25) is 0 Å². The molecule has 0 unspecified atom stereocenters. The second kappa shape index (κ2) is 3.59. The van der Waals surface area contributed by atoms with Crippen LogP contribution in [0.1, 0.15) is 41.7 Å². The molecule has 0 amide bonds. The summed E-state index contributed by atoms with van der Waals surface area (Å²) >= 11 is 0. The number of fused-ring (bicyclic) bond motifs is 3. The standard InChI is InChI=1S/C15H18O2/c1-8-4-5-9(2)13-11(8)6-7-12-10(3)15(16)17-14(12)13/h4-5,10,12,14H,6-7H2,1-3H3/t10-,12-,14+/m0/s1. The van der Waals surface area contributed by atoms with Crippen LogP contribution in [0.3, 0.4) is 0 Å². The SMILES string of the molecule is Cc1ccc(C)c2c1CC[C@H]1[C@H](C)C(=O)O[C@@H]21. The molecule has 1 heterocycles. The van der Waals surface area contributed by atoms with E-state index in [1.807, 2.05) is 6.92 Å². The molecule has 1 aliphatic heterocycles. The van der Waals surface area contributed by atoms with Gasteiger partial charge >= 0.3 is 5.97 Å². The number of rotatable bonds is 0. The second-order valence-corrected chi connectivity index (χ2v) is 5.44. The molecule has 17 heavy (non-hydrogen) atoms. The minimum absolute atomic E-state index is 0.0150. The lowest BCUT2D eigenvalue weighted by molar-refractivity contribution is -0.144. The van der Waals surface area contributed by atoms with Crippen molar-refractivity contribution in [2.75, 3.05) is 0 Å². The second-order valence-electron chi connectivity index (χ2n) is 5.44. The molecule has 1 aliphatic carbocycles. The first-order valence-electron chi connectivity index (χ1n) is 6.39. The van der Waals surface area contributed by atoms with E-state index >= 15 is 0 Å². The molecule has 1 aromatic carbocycles. The fourth-order valence-electron chi connectivity index (χ4n) is 3.36. The van der Waals surface area contributed by atoms with Crippen LogP contribution in [0.15, 0.2) is 12.1 Å². The molecule has 1 aromatic rings. The third kappa shape index (κ3) is 1.43. The van der Waals surface area contributed by atoms with Gasteiger partial charge in [0.25, 0.3) is 0 Å². The first kappa shape index (κ1) is 10.8. The van der Waals surface area contributed by atoms with Gasteiger partial charge in [-0.05, 0) is 48.9 Å². The Bertz CT molecular complexity index is 490. The van der Waals surface area contributed by atoms with Gasteiger partial charge in [0.05, 0.1) is 5.92 Å². The molecule has 1 saturated heterocycles. The number of benzene rings is 1. The minimum Gasteiger partial charge on any atom is -0.457 e. The van der Waals surface area contributed by atoms with E-state index < -0.39 is 0 Å². The molecule has 2 aliphatic rings. The Hall–Kier alpha value is -1.31. The van der Waals surface area contributed by atoms with Gasteiger partial charge in [0.15, 0.2) is 0 Å². The Balaban J connectivity index is 2.14. The molecule has 90 valence electrons. The lowest BCUT2D eigenvalue weighted by atomic mass is 9.75. The average molecular weight is 230 g/mol. The van der Waals surface area contributed by atoms with Crippen molar-refractivity contribution in [3.05, 3.63) is 34.4 Å². The quantitative estimate of drug-likeness (QED) is 0.640. The Labute approximate surface area is 102 Å². The third-order valence-corrected chi connectivity index (χ3v) is 4.47. The Kier molecular flexibility index (Phi) is 2.29. The maximum absolute atomic E-state index is 11.7. The summed E-state index contributed by atoms with van der Waals surface area (Å²) in [5.74, 6) is 0.428. The van der Waals surface area contributed by atoms with Gasteiger partial charge in [-0.1, -0.05) is 19.1 Å². The number of carbonyl (C=O) groups is 1. The molecule has 0 radical (unpaired) electrons. The summed E-state index contributed by atoms with van der Waals surface area (Å²) in [6, 6.07) is 4.32. The van der Waals surface area contributed by atoms with E-state index in [0.29, 0.717) is 5.92 Å². The molecule has 0 bridgehead atoms. The van der Waals surface area contributed by atoms with Gasteiger partial charge in [-0.15, -0.1) is 0 Å². The van der Waals surface area contributed by atoms with E-state index in [2.05, 4.69) is 26.0 Å². The lowest BCUT2D eigenvalue weighted by Crippen LogP contribution is -2.22. The monoisotopic (exact) mass is 230 g/mol. The van der Waals surface area contributed by atoms with Crippen LogP contribution < -0.4 is 0 Å². The van der Waals surface area contributed by atoms with E-state index in [0.717, 1.165) is 12.8 Å². The van der Waals surface area contributed by atoms with E-state index in [1.165, 1.54) is 22.3 Å². The number of esters is 1. The predicted molar refractivity (Wildman–Crippen MR) is 65.7 cm³/mol. The molecule has 0 N–H and O–H groups in total. The van der Waals surface area contributed by atoms with Gasteiger partial charge in [-0.2, -0.15) is 0 Å². The molecule has 3 atom stereocenters. The van der Waals surface area contributed by atoms with Gasteiger partial charge in [0, 0.05) is 5.92 Å². The maximum Gasteiger partial charge on any atom is 0.309 e. The molecular weight excluding hydrogens is 212 g/mol. The molecule has 3 rings (SSSR count). The zero-order valence-corrected chi connectivity index (χ0v) is 10.6. The van der Waals surface area contributed by atoms with E-state index in [1.54, 1.807) is 0 Å². The topological polar surface area (TPSA) is 26.3 Å². The molecule has 2 nitrogen and oxygen atoms in total. The number of hydrogen-bond donors (Lipinski definition) is 0. The highest BCUT2D eigenvalue weighted by Crippen LogP contribution is 2.47. The Morgan fingerprint density at radius 3 is 2.71 bits per heavy atom. The largest absolute Gasteiger partial charge is 0.457 e. The van der Waals surface area contributed by atoms with Gasteiger partial charge in [0.1, 0.15) is 6.10 Å². The zero-order chi connectivity index (χ0) is 12.2. The van der Waals surface area contributed by atoms with Crippen molar-refractivity contribution in [1.29, 1.82) is 0 Å². The van der Waals surface area contributed by atoms with Crippen molar-refractivity contribution in [1.82, 2.24) is 0 Å². The molecular formula is C15H18O2. The summed E-state index contributed by atoms with van der Waals surface area (Å²) in [4.78, 5) is 11.7. The van der Waals surface area contributed by atoms with Gasteiger partial charge in [-0.25, -0.2) is 0 Å². The van der Waals surface area contributed by atoms with Crippen molar-refractivity contribution in [3.8, 4) is 0 Å². The normalized spacial score (nSPS) is 30.8. The van der Waals surface area contributed by atoms with E-state index in [-0.39, 0.29) is 18.0 Å². The van der Waals surface area contributed by atoms with Crippen molar-refractivity contribution in [3.63, 3.8) is 0 Å². The van der Waals surface area contributed by atoms with Crippen LogP contribution in [0.4, 0.5) is 0 Å². The summed E-state index contributed by atoms with van der Waals surface area (Å²) in [6.07, 6.45) is 2.18. The minimum atomic E-state index is -0.0197. The summed E-state index contributed by atoms with van der Waals surface area (Å²) in [7, 11) is 0. The number of aryl methyl sites for hydroxylation is 2. The van der Waals surface area contributed by atoms with Crippen LogP contribution in [0.5, 0.6) is 0 Å². The Morgan fingerprint density at radius 2 is 1.94 bits per heavy atom. The number of carbonyl (C=O) groups excluding carboxylic acids is 1. The summed E-state index contributed by atoms with van der Waals surface area (Å²) in [6.45, 7) is 6.28. The smallest absolute Gasteiger partial charge is 0.309 e. The first-order valence-corrected chi connectivity index (χ1v) is 6.39. The van der Waals surface area contributed by atoms with Crippen molar-refractivity contribution in [2.45, 2.75) is 39.7 Å².